The van der Waals surface area contributed by atoms with E-state index < -0.39 is 9.84 Å². The Morgan fingerprint density at radius 1 is 1.16 bits per heavy atom. The second-order valence-corrected chi connectivity index (χ2v) is 6.99. The highest BCUT2D eigenvalue weighted by atomic mass is 32.2. The van der Waals surface area contributed by atoms with Crippen molar-refractivity contribution >= 4 is 9.84 Å². The van der Waals surface area contributed by atoms with Gasteiger partial charge < -0.3 is 9.47 Å². The van der Waals surface area contributed by atoms with E-state index in [-0.39, 0.29) is 12.0 Å². The first-order chi connectivity index (χ1) is 8.99. The van der Waals surface area contributed by atoms with E-state index in [1.54, 1.807) is 12.1 Å². The average Bonchev–Trinajstić information content (AvgIpc) is 2.41. The van der Waals surface area contributed by atoms with E-state index in [9.17, 15) is 8.42 Å². The molecule has 0 atom stereocenters. The number of aryl methyl sites for hydroxylation is 2. The van der Waals surface area contributed by atoms with E-state index in [1.165, 1.54) is 0 Å². The van der Waals surface area contributed by atoms with Crippen LogP contribution in [-0.2, 0) is 19.3 Å². The van der Waals surface area contributed by atoms with Gasteiger partial charge in [0, 0.05) is 6.42 Å². The molecule has 0 unspecified atom stereocenters. The van der Waals surface area contributed by atoms with E-state index >= 15 is 0 Å². The van der Waals surface area contributed by atoms with E-state index in [1.807, 2.05) is 19.9 Å². The zero-order valence-electron chi connectivity index (χ0n) is 11.4. The Kier molecular flexibility index (Phi) is 4.60. The zero-order valence-corrected chi connectivity index (χ0v) is 12.2. The van der Waals surface area contributed by atoms with Gasteiger partial charge >= 0.3 is 0 Å². The van der Waals surface area contributed by atoms with E-state index in [0.717, 1.165) is 17.5 Å². The van der Waals surface area contributed by atoms with E-state index in [2.05, 4.69) is 0 Å². The normalized spacial score (nSPS) is 17.6. The number of sulfone groups is 1. The van der Waals surface area contributed by atoms with Gasteiger partial charge in [-0.15, -0.1) is 0 Å². The van der Waals surface area contributed by atoms with Crippen LogP contribution < -0.4 is 0 Å². The van der Waals surface area contributed by atoms with Crippen LogP contribution in [0.1, 0.15) is 24.0 Å². The topological polar surface area (TPSA) is 52.6 Å². The van der Waals surface area contributed by atoms with Crippen LogP contribution in [0.15, 0.2) is 23.1 Å². The van der Waals surface area contributed by atoms with Gasteiger partial charge in [-0.2, -0.15) is 0 Å². The summed E-state index contributed by atoms with van der Waals surface area (Å²) in [5.41, 5.74) is 2.09. The highest BCUT2D eigenvalue weighted by molar-refractivity contribution is 7.91. The molecule has 2 rings (SSSR count). The molecule has 1 aromatic carbocycles. The summed E-state index contributed by atoms with van der Waals surface area (Å²) in [6, 6.07) is 5.24. The summed E-state index contributed by atoms with van der Waals surface area (Å²) in [4.78, 5) is 0.381. The molecule has 0 aromatic heterocycles. The van der Waals surface area contributed by atoms with Gasteiger partial charge in [-0.05, 0) is 43.5 Å². The van der Waals surface area contributed by atoms with Crippen LogP contribution in [0.25, 0.3) is 0 Å². The fourth-order valence-electron chi connectivity index (χ4n) is 1.98. The first-order valence-corrected chi connectivity index (χ1v) is 8.17. The molecule has 0 amide bonds. The lowest BCUT2D eigenvalue weighted by molar-refractivity contribution is -0.178. The third-order valence-electron chi connectivity index (χ3n) is 3.36. The molecule has 0 radical (unpaired) electrons. The molecule has 0 spiro atoms. The molecule has 1 aliphatic heterocycles. The summed E-state index contributed by atoms with van der Waals surface area (Å²) in [5.74, 6) is 0.0557. The fraction of sp³-hybridized carbons (Fsp3) is 0.571. The number of benzene rings is 1. The van der Waals surface area contributed by atoms with Crippen molar-refractivity contribution in [1.82, 2.24) is 0 Å². The molecule has 0 bridgehead atoms. The van der Waals surface area contributed by atoms with Gasteiger partial charge in [0.2, 0.25) is 0 Å². The van der Waals surface area contributed by atoms with Crippen molar-refractivity contribution in [2.45, 2.75) is 37.9 Å². The van der Waals surface area contributed by atoms with Crippen LogP contribution in [0.4, 0.5) is 0 Å². The minimum absolute atomic E-state index is 0.0557. The number of rotatable bonds is 4. The lowest BCUT2D eigenvalue weighted by atomic mass is 10.1. The Hall–Kier alpha value is -0.910. The van der Waals surface area contributed by atoms with Gasteiger partial charge in [0.25, 0.3) is 0 Å². The fourth-order valence-corrected chi connectivity index (χ4v) is 3.35. The average molecular weight is 284 g/mol. The molecule has 1 fully saturated rings. The molecular weight excluding hydrogens is 264 g/mol. The Morgan fingerprint density at radius 3 is 2.47 bits per heavy atom. The Bertz CT molecular complexity index is 530. The summed E-state index contributed by atoms with van der Waals surface area (Å²) in [6.45, 7) is 5.18. The maximum absolute atomic E-state index is 12.2. The highest BCUT2D eigenvalue weighted by Gasteiger charge is 2.20. The zero-order chi connectivity index (χ0) is 13.9. The third kappa shape index (κ3) is 3.78. The largest absolute Gasteiger partial charge is 0.353 e. The van der Waals surface area contributed by atoms with Crippen molar-refractivity contribution < 1.29 is 17.9 Å². The number of hydrogen-bond acceptors (Lipinski definition) is 4. The second-order valence-electron chi connectivity index (χ2n) is 4.88. The van der Waals surface area contributed by atoms with Crippen molar-refractivity contribution in [3.05, 3.63) is 29.3 Å². The molecule has 1 heterocycles. The highest BCUT2D eigenvalue weighted by Crippen LogP contribution is 2.18. The molecule has 0 saturated carbocycles. The van der Waals surface area contributed by atoms with Crippen LogP contribution in [0.2, 0.25) is 0 Å². The lowest BCUT2D eigenvalue weighted by Crippen LogP contribution is -2.27. The summed E-state index contributed by atoms with van der Waals surface area (Å²) in [7, 11) is -3.26. The van der Waals surface area contributed by atoms with Gasteiger partial charge in [-0.3, -0.25) is 0 Å². The smallest absolute Gasteiger partial charge is 0.178 e. The maximum Gasteiger partial charge on any atom is 0.178 e. The monoisotopic (exact) mass is 284 g/mol. The Labute approximate surface area is 114 Å². The van der Waals surface area contributed by atoms with Crippen molar-refractivity contribution in [2.75, 3.05) is 19.0 Å². The molecule has 0 N–H and O–H groups in total. The van der Waals surface area contributed by atoms with E-state index in [4.69, 9.17) is 9.47 Å². The molecular formula is C14H20O4S. The first-order valence-electron chi connectivity index (χ1n) is 6.52. The van der Waals surface area contributed by atoms with Crippen molar-refractivity contribution in [2.24, 2.45) is 0 Å². The molecule has 106 valence electrons. The summed E-state index contributed by atoms with van der Waals surface area (Å²) < 4.78 is 35.2. The Morgan fingerprint density at radius 2 is 1.84 bits per heavy atom. The molecule has 5 heteroatoms. The minimum atomic E-state index is -3.26. The van der Waals surface area contributed by atoms with Crippen molar-refractivity contribution in [3.63, 3.8) is 0 Å². The summed E-state index contributed by atoms with van der Waals surface area (Å²) in [6.07, 6.45) is 0.880. The lowest BCUT2D eigenvalue weighted by Gasteiger charge is -2.23. The SMILES string of the molecule is Cc1ccc(S(=O)(=O)CCC2OCCCO2)cc1C. The van der Waals surface area contributed by atoms with Gasteiger partial charge in [0.05, 0.1) is 23.9 Å². The van der Waals surface area contributed by atoms with E-state index in [0.29, 0.717) is 24.5 Å². The summed E-state index contributed by atoms with van der Waals surface area (Å²) >= 11 is 0. The number of ether oxygens (including phenoxy) is 2. The Balaban J connectivity index is 2.02. The van der Waals surface area contributed by atoms with Gasteiger partial charge in [-0.1, -0.05) is 6.07 Å². The maximum atomic E-state index is 12.2. The minimum Gasteiger partial charge on any atom is -0.353 e. The van der Waals surface area contributed by atoms with Crippen molar-refractivity contribution in [3.8, 4) is 0 Å². The summed E-state index contributed by atoms with van der Waals surface area (Å²) in [5, 5.41) is 0. The van der Waals surface area contributed by atoms with Crippen LogP contribution in [0.5, 0.6) is 0 Å². The van der Waals surface area contributed by atoms with Crippen LogP contribution in [-0.4, -0.2) is 33.7 Å². The molecule has 19 heavy (non-hydrogen) atoms. The third-order valence-corrected chi connectivity index (χ3v) is 5.10. The molecule has 1 aliphatic rings. The van der Waals surface area contributed by atoms with Crippen LogP contribution >= 0.6 is 0 Å². The standard InChI is InChI=1S/C14H20O4S/c1-11-4-5-13(10-12(11)2)19(15,16)9-6-14-17-7-3-8-18-14/h4-5,10,14H,3,6-9H2,1-2H3. The molecule has 0 aliphatic carbocycles. The second kappa shape index (κ2) is 6.03. The number of hydrogen-bond donors (Lipinski definition) is 0. The van der Waals surface area contributed by atoms with Crippen LogP contribution in [0.3, 0.4) is 0 Å². The molecule has 1 saturated heterocycles. The predicted molar refractivity (Wildman–Crippen MR) is 72.9 cm³/mol. The van der Waals surface area contributed by atoms with Gasteiger partial charge in [0.1, 0.15) is 0 Å². The van der Waals surface area contributed by atoms with Crippen molar-refractivity contribution in [1.29, 1.82) is 0 Å². The predicted octanol–water partition coefficient (Wildman–Crippen LogP) is 2.23. The van der Waals surface area contributed by atoms with Gasteiger partial charge in [0.15, 0.2) is 16.1 Å². The molecule has 4 nitrogen and oxygen atoms in total. The quantitative estimate of drug-likeness (QED) is 0.851. The first kappa shape index (κ1) is 14.5. The van der Waals surface area contributed by atoms with Gasteiger partial charge in [-0.25, -0.2) is 8.42 Å². The molecule has 1 aromatic rings. The van der Waals surface area contributed by atoms with Crippen LogP contribution in [0, 0.1) is 13.8 Å².